The number of carbonyl (C=O) groups excluding carboxylic acids is 2. The van der Waals surface area contributed by atoms with Crippen molar-refractivity contribution in [2.45, 2.75) is 45.2 Å². The largest absolute Gasteiger partial charge is 0.493 e. The molecule has 56 heavy (non-hydrogen) atoms. The molecule has 2 heterocycles. The van der Waals surface area contributed by atoms with Crippen LogP contribution in [-0.4, -0.2) is 58.0 Å². The Kier molecular flexibility index (Phi) is 12.3. The monoisotopic (exact) mass is 753 g/mol. The molecule has 290 valence electrons. The van der Waals surface area contributed by atoms with E-state index >= 15 is 0 Å². The van der Waals surface area contributed by atoms with Gasteiger partial charge in [0.1, 0.15) is 0 Å². The third-order valence-electron chi connectivity index (χ3n) is 11.3. The minimum absolute atomic E-state index is 0. The van der Waals surface area contributed by atoms with Crippen molar-refractivity contribution >= 4 is 17.6 Å². The molecule has 3 aliphatic rings. The molecule has 0 saturated carbocycles. The van der Waals surface area contributed by atoms with Gasteiger partial charge in [-0.3, -0.25) is 14.5 Å². The highest BCUT2D eigenvalue weighted by atomic mass is 16.5. The lowest BCUT2D eigenvalue weighted by molar-refractivity contribution is -0.688. The van der Waals surface area contributed by atoms with Crippen LogP contribution in [0.25, 0.3) is 6.08 Å². The van der Waals surface area contributed by atoms with Gasteiger partial charge in [0.05, 0.1) is 28.4 Å². The Balaban J connectivity index is 0.000000189. The summed E-state index contributed by atoms with van der Waals surface area (Å²) in [6.07, 6.45) is 10.8. The molecule has 4 aromatic carbocycles. The number of allylic oxidation sites excluding steroid dienone is 1. The van der Waals surface area contributed by atoms with Gasteiger partial charge >= 0.3 is 0 Å². The highest BCUT2D eigenvalue weighted by molar-refractivity contribution is 6.16. The summed E-state index contributed by atoms with van der Waals surface area (Å²) in [5, 5.41) is 0. The van der Waals surface area contributed by atoms with E-state index in [1.165, 1.54) is 24.0 Å². The summed E-state index contributed by atoms with van der Waals surface area (Å²) in [6.45, 7) is 4.09. The summed E-state index contributed by atoms with van der Waals surface area (Å²) in [6, 6.07) is 32.6. The number of Topliss-reactive ketones (excluding diaryl/α,β-unsaturated/α-hetero) is 2. The fourth-order valence-electron chi connectivity index (χ4n) is 8.23. The van der Waals surface area contributed by atoms with E-state index in [1.54, 1.807) is 34.5 Å². The average molecular weight is 754 g/mol. The summed E-state index contributed by atoms with van der Waals surface area (Å²) in [7, 11) is 6.44. The zero-order chi connectivity index (χ0) is 39.0. The summed E-state index contributed by atoms with van der Waals surface area (Å²) >= 11 is 0. The van der Waals surface area contributed by atoms with Crippen LogP contribution in [0.15, 0.2) is 115 Å². The molecule has 2 aliphatic carbocycles. The Bertz CT molecular complexity index is 2180. The molecule has 8 heteroatoms. The fourth-order valence-corrected chi connectivity index (χ4v) is 8.23. The van der Waals surface area contributed by atoms with Gasteiger partial charge in [0.25, 0.3) is 0 Å². The Morgan fingerprint density at radius 1 is 0.696 bits per heavy atom. The van der Waals surface area contributed by atoms with Crippen LogP contribution in [0.1, 0.15) is 69.2 Å². The van der Waals surface area contributed by atoms with Crippen LogP contribution in [0.2, 0.25) is 0 Å². The lowest BCUT2D eigenvalue weighted by atomic mass is 9.85. The maximum atomic E-state index is 12.9. The van der Waals surface area contributed by atoms with Crippen molar-refractivity contribution in [2.75, 3.05) is 41.5 Å². The number of piperidine rings is 1. The molecule has 5 aromatic rings. The normalized spacial score (nSPS) is 17.2. The standard InChI is InChI=1S/C24H29NO3.C24H22NO3.H2/c2*1-27-22-14-19-13-20(24(26)21(19)15-23(22)28-2)12-17-8-10-25(11-9-17)16-18-6-4-3-5-7-18;/h3-7,14-15,17,20H,8-13,16H2,1-2H3;3-12,14-15H,13,16H2,1-2H3;1H/q;+1;/b;20-12+;. The first-order valence-electron chi connectivity index (χ1n) is 19.4. The van der Waals surface area contributed by atoms with Gasteiger partial charge < -0.3 is 18.9 Å². The molecule has 1 saturated heterocycles. The number of likely N-dealkylation sites (tertiary alicyclic amines) is 1. The zero-order valence-electron chi connectivity index (χ0n) is 32.8. The Morgan fingerprint density at radius 2 is 1.25 bits per heavy atom. The number of carbonyl (C=O) groups is 2. The Labute approximate surface area is 331 Å². The van der Waals surface area contributed by atoms with Crippen molar-refractivity contribution in [3.8, 4) is 23.0 Å². The quantitative estimate of drug-likeness (QED) is 0.0990. The van der Waals surface area contributed by atoms with Crippen LogP contribution in [0.4, 0.5) is 0 Å². The number of nitrogens with zero attached hydrogens (tertiary/aromatic N) is 2. The molecule has 0 bridgehead atoms. The van der Waals surface area contributed by atoms with Crippen molar-refractivity contribution in [3.63, 3.8) is 0 Å². The number of ether oxygens (including phenoxy) is 4. The number of aromatic nitrogens is 1. The van der Waals surface area contributed by atoms with Gasteiger partial charge in [-0.05, 0) is 97.3 Å². The first kappa shape index (κ1) is 38.5. The molecule has 1 atom stereocenters. The molecule has 0 N–H and O–H groups in total. The van der Waals surface area contributed by atoms with Crippen LogP contribution in [-0.2, 0) is 25.9 Å². The topological polar surface area (TPSA) is 78.2 Å². The maximum Gasteiger partial charge on any atom is 0.189 e. The molecule has 8 rings (SSSR count). The van der Waals surface area contributed by atoms with Crippen LogP contribution < -0.4 is 23.5 Å². The van der Waals surface area contributed by atoms with Crippen molar-refractivity contribution in [2.24, 2.45) is 11.8 Å². The van der Waals surface area contributed by atoms with Gasteiger partial charge in [0.15, 0.2) is 53.5 Å². The summed E-state index contributed by atoms with van der Waals surface area (Å²) in [5.74, 6) is 3.67. The molecule has 0 amide bonds. The van der Waals surface area contributed by atoms with Crippen LogP contribution in [0.3, 0.4) is 0 Å². The first-order chi connectivity index (χ1) is 27.3. The number of benzene rings is 4. The van der Waals surface area contributed by atoms with Gasteiger partial charge in [0, 0.05) is 54.7 Å². The molecule has 1 unspecified atom stereocenters. The van der Waals surface area contributed by atoms with Crippen molar-refractivity contribution in [3.05, 3.63) is 154 Å². The highest BCUT2D eigenvalue weighted by Gasteiger charge is 2.34. The van der Waals surface area contributed by atoms with Crippen LogP contribution >= 0.6 is 0 Å². The van der Waals surface area contributed by atoms with E-state index in [4.69, 9.17) is 18.9 Å². The Hall–Kier alpha value is -5.73. The SMILES string of the molecule is COc1cc2c(cc1OC)C(=O)/C(=C/c1cc[n+](Cc3ccccc3)cc1)C2.COc1cc2c(cc1OC)C(=O)C(CC1CCN(Cc3ccccc3)CC1)C2.[HH]. The zero-order valence-corrected chi connectivity index (χ0v) is 32.8. The number of ketones is 2. The van der Waals surface area contributed by atoms with Gasteiger partial charge in [-0.15, -0.1) is 0 Å². The van der Waals surface area contributed by atoms with Gasteiger partial charge in [0.2, 0.25) is 0 Å². The smallest absolute Gasteiger partial charge is 0.189 e. The van der Waals surface area contributed by atoms with Crippen molar-refractivity contribution in [1.82, 2.24) is 4.90 Å². The fraction of sp³-hybridized carbons (Fsp3) is 0.312. The van der Waals surface area contributed by atoms with E-state index in [1.807, 2.05) is 67.0 Å². The molecule has 1 aromatic heterocycles. The number of methoxy groups -OCH3 is 4. The van der Waals surface area contributed by atoms with E-state index in [9.17, 15) is 9.59 Å². The summed E-state index contributed by atoms with van der Waals surface area (Å²) in [5.41, 5.74) is 8.03. The van der Waals surface area contributed by atoms with Crippen molar-refractivity contribution in [1.29, 1.82) is 0 Å². The third-order valence-corrected chi connectivity index (χ3v) is 11.3. The minimum Gasteiger partial charge on any atom is -0.493 e. The lowest BCUT2D eigenvalue weighted by Gasteiger charge is -2.32. The van der Waals surface area contributed by atoms with Crippen molar-refractivity contribution < 1.29 is 34.5 Å². The first-order valence-corrected chi connectivity index (χ1v) is 19.4. The molecule has 0 spiro atoms. The second-order valence-electron chi connectivity index (χ2n) is 14.9. The second kappa shape index (κ2) is 17.8. The number of hydrogen-bond donors (Lipinski definition) is 0. The molecule has 1 aliphatic heterocycles. The van der Waals surface area contributed by atoms with E-state index in [0.29, 0.717) is 40.9 Å². The van der Waals surface area contributed by atoms with E-state index in [2.05, 4.69) is 51.9 Å². The molecule has 0 radical (unpaired) electrons. The summed E-state index contributed by atoms with van der Waals surface area (Å²) in [4.78, 5) is 28.3. The Morgan fingerprint density at radius 3 is 1.86 bits per heavy atom. The molecular formula is C48H53N2O6+. The minimum atomic E-state index is 0. The van der Waals surface area contributed by atoms with Gasteiger partial charge in [-0.25, -0.2) is 4.57 Å². The average Bonchev–Trinajstić information content (AvgIpc) is 3.71. The third kappa shape index (κ3) is 8.87. The predicted octanol–water partition coefficient (Wildman–Crippen LogP) is 8.47. The lowest BCUT2D eigenvalue weighted by Crippen LogP contribution is -2.34. The number of fused-ring (bicyclic) bond motifs is 2. The van der Waals surface area contributed by atoms with Crippen LogP contribution in [0, 0.1) is 11.8 Å². The number of hydrogen-bond acceptors (Lipinski definition) is 7. The predicted molar refractivity (Wildman–Crippen MR) is 220 cm³/mol. The molecule has 8 nitrogen and oxygen atoms in total. The van der Waals surface area contributed by atoms with Gasteiger partial charge in [-0.2, -0.15) is 0 Å². The second-order valence-corrected chi connectivity index (χ2v) is 14.9. The molecular weight excluding hydrogens is 701 g/mol. The molecule has 1 fully saturated rings. The van der Waals surface area contributed by atoms with E-state index in [-0.39, 0.29) is 18.9 Å². The maximum absolute atomic E-state index is 12.9. The number of pyridine rings is 1. The van der Waals surface area contributed by atoms with E-state index in [0.717, 1.165) is 66.8 Å². The summed E-state index contributed by atoms with van der Waals surface area (Å²) < 4.78 is 23.6. The van der Waals surface area contributed by atoms with E-state index < -0.39 is 0 Å². The van der Waals surface area contributed by atoms with Crippen LogP contribution in [0.5, 0.6) is 23.0 Å². The van der Waals surface area contributed by atoms with Gasteiger partial charge in [-0.1, -0.05) is 60.7 Å². The number of rotatable bonds is 11. The highest BCUT2D eigenvalue weighted by Crippen LogP contribution is 2.40.